The smallest absolute Gasteiger partial charge is 0.136 e. The van der Waals surface area contributed by atoms with Crippen LogP contribution in [0.3, 0.4) is 0 Å². The third kappa shape index (κ3) is 6.36. The van der Waals surface area contributed by atoms with Gasteiger partial charge in [-0.25, -0.2) is 0 Å². The second kappa shape index (κ2) is 14.6. The lowest BCUT2D eigenvalue weighted by Crippen LogP contribution is -2.12. The van der Waals surface area contributed by atoms with Gasteiger partial charge in [0.05, 0.1) is 0 Å². The number of hydrogen-bond donors (Lipinski definition) is 0. The number of benzene rings is 10. The minimum absolute atomic E-state index is 0.911. The molecule has 11 aromatic rings. The summed E-state index contributed by atoms with van der Waals surface area (Å²) in [7, 11) is 0. The summed E-state index contributed by atoms with van der Waals surface area (Å²) in [5.74, 6) is 0. The third-order valence-electron chi connectivity index (χ3n) is 11.4. The molecule has 0 saturated carbocycles. The zero-order valence-electron chi connectivity index (χ0n) is 32.2. The quantitative estimate of drug-likeness (QED) is 0.144. The van der Waals surface area contributed by atoms with Crippen molar-refractivity contribution < 1.29 is 4.42 Å². The van der Waals surface area contributed by atoms with Crippen LogP contribution in [0.25, 0.3) is 65.7 Å². The molecule has 0 aliphatic heterocycles. The number of fused-ring (bicyclic) bond motifs is 6. The van der Waals surface area contributed by atoms with E-state index in [4.69, 9.17) is 4.42 Å². The number of hydrogen-bond acceptors (Lipinski definition) is 3. The molecule has 10 aromatic carbocycles. The minimum Gasteiger partial charge on any atom is -0.456 e. The Labute approximate surface area is 343 Å². The van der Waals surface area contributed by atoms with Gasteiger partial charge in [0.1, 0.15) is 11.2 Å². The third-order valence-corrected chi connectivity index (χ3v) is 11.4. The van der Waals surface area contributed by atoms with Crippen molar-refractivity contribution in [3.63, 3.8) is 0 Å². The second-order valence-electron chi connectivity index (χ2n) is 15.0. The molecule has 0 atom stereocenters. The highest BCUT2D eigenvalue weighted by Crippen LogP contribution is 2.42. The van der Waals surface area contributed by atoms with Crippen molar-refractivity contribution in [2.24, 2.45) is 0 Å². The molecule has 59 heavy (non-hydrogen) atoms. The van der Waals surface area contributed by atoms with Gasteiger partial charge in [-0.1, -0.05) is 140 Å². The van der Waals surface area contributed by atoms with E-state index < -0.39 is 0 Å². The Morgan fingerprint density at radius 2 is 0.644 bits per heavy atom. The number of para-hydroxylation sites is 2. The molecule has 0 bridgehead atoms. The van der Waals surface area contributed by atoms with E-state index in [2.05, 4.69) is 228 Å². The Bertz CT molecular complexity index is 3150. The zero-order chi connectivity index (χ0) is 39.1. The maximum absolute atomic E-state index is 6.27. The first-order valence-corrected chi connectivity index (χ1v) is 20.1. The van der Waals surface area contributed by atoms with Gasteiger partial charge in [-0.2, -0.15) is 0 Å². The number of nitrogens with zero attached hydrogens (tertiary/aromatic N) is 2. The van der Waals surface area contributed by atoms with E-state index in [1.54, 1.807) is 0 Å². The molecule has 1 aromatic heterocycles. The molecule has 1 heterocycles. The van der Waals surface area contributed by atoms with Gasteiger partial charge in [-0.05, 0) is 135 Å². The highest BCUT2D eigenvalue weighted by Gasteiger charge is 2.18. The fourth-order valence-electron chi connectivity index (χ4n) is 8.49. The van der Waals surface area contributed by atoms with Crippen molar-refractivity contribution in [1.29, 1.82) is 0 Å². The molecular weight excluding hydrogens is 717 g/mol. The molecule has 3 heteroatoms. The van der Waals surface area contributed by atoms with Crippen LogP contribution in [0.5, 0.6) is 0 Å². The average Bonchev–Trinajstić information content (AvgIpc) is 3.68. The van der Waals surface area contributed by atoms with Crippen LogP contribution < -0.4 is 9.80 Å². The number of rotatable bonds is 8. The van der Waals surface area contributed by atoms with Crippen LogP contribution in [0.1, 0.15) is 0 Å². The van der Waals surface area contributed by atoms with Crippen molar-refractivity contribution in [2.75, 3.05) is 9.80 Å². The molecule has 0 spiro atoms. The summed E-state index contributed by atoms with van der Waals surface area (Å²) in [5.41, 5.74) is 13.1. The van der Waals surface area contributed by atoms with Crippen molar-refractivity contribution in [3.8, 4) is 22.3 Å². The Balaban J connectivity index is 1.01. The van der Waals surface area contributed by atoms with E-state index in [0.717, 1.165) is 61.4 Å². The fraction of sp³-hybridized carbons (Fsp3) is 0. The predicted octanol–water partition coefficient (Wildman–Crippen LogP) is 16.2. The van der Waals surface area contributed by atoms with Gasteiger partial charge >= 0.3 is 0 Å². The van der Waals surface area contributed by atoms with Gasteiger partial charge in [0.15, 0.2) is 0 Å². The summed E-state index contributed by atoms with van der Waals surface area (Å²) in [5, 5.41) is 7.04. The lowest BCUT2D eigenvalue weighted by molar-refractivity contribution is 0.669. The van der Waals surface area contributed by atoms with E-state index in [1.807, 2.05) is 12.1 Å². The Morgan fingerprint density at radius 1 is 0.237 bits per heavy atom. The summed E-state index contributed by atoms with van der Waals surface area (Å²) in [6.45, 7) is 0. The Hall–Kier alpha value is -7.88. The van der Waals surface area contributed by atoms with E-state index in [1.165, 1.54) is 38.4 Å². The first-order chi connectivity index (χ1) is 29.2. The van der Waals surface area contributed by atoms with Crippen molar-refractivity contribution in [1.82, 2.24) is 0 Å². The molecule has 0 amide bonds. The molecule has 0 aliphatic rings. The minimum atomic E-state index is 0.911. The zero-order valence-corrected chi connectivity index (χ0v) is 32.2. The SMILES string of the molecule is c1ccc(-c2ccc(N(c3ccc(-c4ccccc4)cc3)c3ccc(N(c4ccccc4)c4ccc5ccc6cc7oc8ccccc8c7cc6c5c4)cc3)cc2)cc1. The molecule has 0 N–H and O–H groups in total. The molecule has 0 saturated heterocycles. The van der Waals surface area contributed by atoms with Crippen LogP contribution in [-0.4, -0.2) is 0 Å². The monoisotopic (exact) mass is 754 g/mol. The Kier molecular flexibility index (Phi) is 8.49. The van der Waals surface area contributed by atoms with Crippen molar-refractivity contribution in [3.05, 3.63) is 231 Å². The molecular formula is C56H38N2O. The first kappa shape index (κ1) is 34.4. The number of furan rings is 1. The average molecular weight is 755 g/mol. The highest BCUT2D eigenvalue weighted by atomic mass is 16.3. The fourth-order valence-corrected chi connectivity index (χ4v) is 8.49. The van der Waals surface area contributed by atoms with Gasteiger partial charge in [0.2, 0.25) is 0 Å². The van der Waals surface area contributed by atoms with Gasteiger partial charge < -0.3 is 14.2 Å². The normalized spacial score (nSPS) is 11.4. The van der Waals surface area contributed by atoms with Crippen molar-refractivity contribution in [2.45, 2.75) is 0 Å². The van der Waals surface area contributed by atoms with E-state index in [9.17, 15) is 0 Å². The topological polar surface area (TPSA) is 19.6 Å². The van der Waals surface area contributed by atoms with Crippen LogP contribution in [-0.2, 0) is 0 Å². The summed E-state index contributed by atoms with van der Waals surface area (Å²) >= 11 is 0. The molecule has 0 fully saturated rings. The van der Waals surface area contributed by atoms with Crippen LogP contribution >= 0.6 is 0 Å². The maximum atomic E-state index is 6.27. The largest absolute Gasteiger partial charge is 0.456 e. The molecule has 0 aliphatic carbocycles. The van der Waals surface area contributed by atoms with Gasteiger partial charge in [-0.3, -0.25) is 0 Å². The second-order valence-corrected chi connectivity index (χ2v) is 15.0. The molecule has 278 valence electrons. The standard InChI is InChI=1S/C56H38N2O/c1-4-12-39(13-5-1)41-22-27-46(28-23-41)57(47-29-24-42(25-30-47)40-14-6-2-7-15-40)48-32-34-49(35-33-48)58(45-16-8-3-9-17-45)50-31-26-43-20-21-44-36-56-54(38-53(44)52(43)37-50)51-18-10-11-19-55(51)59-56/h1-38H. The molecule has 0 unspecified atom stereocenters. The molecule has 0 radical (unpaired) electrons. The summed E-state index contributed by atoms with van der Waals surface area (Å²) in [6, 6.07) is 82.4. The molecule has 11 rings (SSSR count). The van der Waals surface area contributed by atoms with Gasteiger partial charge in [-0.15, -0.1) is 0 Å². The summed E-state index contributed by atoms with van der Waals surface area (Å²) in [4.78, 5) is 4.68. The molecule has 3 nitrogen and oxygen atoms in total. The lowest BCUT2D eigenvalue weighted by Gasteiger charge is -2.29. The van der Waals surface area contributed by atoms with Crippen LogP contribution in [0.2, 0.25) is 0 Å². The van der Waals surface area contributed by atoms with Gasteiger partial charge in [0.25, 0.3) is 0 Å². The van der Waals surface area contributed by atoms with Crippen molar-refractivity contribution >= 4 is 77.6 Å². The van der Waals surface area contributed by atoms with E-state index in [0.29, 0.717) is 0 Å². The maximum Gasteiger partial charge on any atom is 0.136 e. The summed E-state index contributed by atoms with van der Waals surface area (Å²) in [6.07, 6.45) is 0. The van der Waals surface area contributed by atoms with E-state index >= 15 is 0 Å². The Morgan fingerprint density at radius 3 is 1.24 bits per heavy atom. The lowest BCUT2D eigenvalue weighted by atomic mass is 9.99. The number of anilines is 6. The highest BCUT2D eigenvalue weighted by molar-refractivity contribution is 6.17. The predicted molar refractivity (Wildman–Crippen MR) is 249 cm³/mol. The van der Waals surface area contributed by atoms with Crippen LogP contribution in [0.4, 0.5) is 34.1 Å². The van der Waals surface area contributed by atoms with Crippen LogP contribution in [0, 0.1) is 0 Å². The van der Waals surface area contributed by atoms with Gasteiger partial charge in [0, 0.05) is 44.9 Å². The van der Waals surface area contributed by atoms with E-state index in [-0.39, 0.29) is 0 Å². The van der Waals surface area contributed by atoms with Crippen LogP contribution in [0.15, 0.2) is 235 Å². The first-order valence-electron chi connectivity index (χ1n) is 20.1. The summed E-state index contributed by atoms with van der Waals surface area (Å²) < 4.78 is 6.27.